The van der Waals surface area contributed by atoms with Crippen LogP contribution in [0.15, 0.2) is 36.5 Å². The lowest BCUT2D eigenvalue weighted by molar-refractivity contribution is -0.0478. The molecule has 0 fully saturated rings. The number of nitrogens with one attached hydrogen (secondary N) is 1. The molecule has 7 heteroatoms. The highest BCUT2D eigenvalue weighted by Gasteiger charge is 2.26. The van der Waals surface area contributed by atoms with Crippen LogP contribution in [0.2, 0.25) is 0 Å². The van der Waals surface area contributed by atoms with Crippen molar-refractivity contribution in [3.05, 3.63) is 42.2 Å². The van der Waals surface area contributed by atoms with Gasteiger partial charge in [-0.15, -0.1) is 0 Å². The Morgan fingerprint density at radius 3 is 2.68 bits per heavy atom. The van der Waals surface area contributed by atoms with Gasteiger partial charge in [0.25, 0.3) is 5.92 Å². The fraction of sp³-hybridized carbons (Fsp3) is 0.333. The second kappa shape index (κ2) is 5.85. The molecule has 1 aromatic heterocycles. The molecule has 2 aromatic rings. The number of alkyl halides is 2. The first-order chi connectivity index (χ1) is 9.11. The fourth-order valence-electron chi connectivity index (χ4n) is 1.49. The van der Waals surface area contributed by atoms with Crippen molar-refractivity contribution in [1.29, 1.82) is 0 Å². The zero-order valence-electron chi connectivity index (χ0n) is 10.1. The second-order valence-corrected chi connectivity index (χ2v) is 4.08. The molecule has 0 atom stereocenters. The normalized spacial score (nSPS) is 11.7. The van der Waals surface area contributed by atoms with Crippen molar-refractivity contribution in [3.63, 3.8) is 0 Å². The van der Waals surface area contributed by atoms with E-state index >= 15 is 0 Å². The van der Waals surface area contributed by atoms with E-state index in [0.29, 0.717) is 5.69 Å². The van der Waals surface area contributed by atoms with Crippen LogP contribution >= 0.6 is 0 Å². The van der Waals surface area contributed by atoms with Gasteiger partial charge in [0.1, 0.15) is 6.61 Å². The Labute approximate surface area is 108 Å². The number of nitrogens with zero attached hydrogens (tertiary/aromatic N) is 3. The minimum atomic E-state index is -3.12. The van der Waals surface area contributed by atoms with Gasteiger partial charge >= 0.3 is 0 Å². The van der Waals surface area contributed by atoms with Crippen molar-refractivity contribution in [3.8, 4) is 5.69 Å². The molecule has 0 saturated heterocycles. The molecule has 1 heterocycles. The van der Waals surface area contributed by atoms with Gasteiger partial charge in [0.15, 0.2) is 0 Å². The number of halogens is 2. The lowest BCUT2D eigenvalue weighted by Crippen LogP contribution is -2.35. The Kier molecular flexibility index (Phi) is 4.18. The van der Waals surface area contributed by atoms with Gasteiger partial charge in [0, 0.05) is 6.54 Å². The van der Waals surface area contributed by atoms with Crippen molar-refractivity contribution in [2.75, 3.05) is 13.2 Å². The van der Waals surface area contributed by atoms with Gasteiger partial charge < -0.3 is 10.4 Å². The molecular weight excluding hydrogens is 254 g/mol. The van der Waals surface area contributed by atoms with E-state index in [9.17, 15) is 8.78 Å². The van der Waals surface area contributed by atoms with Crippen LogP contribution in [0.25, 0.3) is 5.69 Å². The van der Waals surface area contributed by atoms with Crippen molar-refractivity contribution in [2.45, 2.75) is 12.5 Å². The topological polar surface area (TPSA) is 63.0 Å². The maximum Gasteiger partial charge on any atom is 0.282 e. The van der Waals surface area contributed by atoms with Crippen molar-refractivity contribution >= 4 is 0 Å². The summed E-state index contributed by atoms with van der Waals surface area (Å²) in [6.45, 7) is -1.60. The molecule has 0 aliphatic heterocycles. The molecule has 0 spiro atoms. The van der Waals surface area contributed by atoms with Crippen LogP contribution in [0.4, 0.5) is 8.78 Å². The van der Waals surface area contributed by atoms with Crippen molar-refractivity contribution < 1.29 is 13.9 Å². The molecular formula is C12H14F2N4O. The maximum atomic E-state index is 12.8. The minimum absolute atomic E-state index is 0.169. The first-order valence-electron chi connectivity index (χ1n) is 5.77. The number of benzene rings is 1. The summed E-state index contributed by atoms with van der Waals surface area (Å²) >= 11 is 0. The van der Waals surface area contributed by atoms with E-state index in [-0.39, 0.29) is 6.54 Å². The van der Waals surface area contributed by atoms with Crippen molar-refractivity contribution in [2.24, 2.45) is 0 Å². The van der Waals surface area contributed by atoms with E-state index in [1.807, 2.05) is 30.3 Å². The summed E-state index contributed by atoms with van der Waals surface area (Å²) in [7, 11) is 0. The number of hydrogen-bond donors (Lipinski definition) is 2. The largest absolute Gasteiger partial charge is 0.390 e. The number of aliphatic hydroxyl groups excluding tert-OH is 1. The van der Waals surface area contributed by atoms with E-state index in [1.165, 1.54) is 11.0 Å². The standard InChI is InChI=1S/C12H14F2N4O/c13-12(14,9-19)8-15-6-10-7-16-18(17-10)11-4-2-1-3-5-11/h1-5,7,15,19H,6,8-9H2. The molecule has 0 radical (unpaired) electrons. The van der Waals surface area contributed by atoms with Crippen LogP contribution in [0.1, 0.15) is 5.69 Å². The second-order valence-electron chi connectivity index (χ2n) is 4.08. The Hall–Kier alpha value is -1.86. The van der Waals surface area contributed by atoms with Gasteiger partial charge in [0.05, 0.1) is 24.1 Å². The zero-order valence-corrected chi connectivity index (χ0v) is 10.1. The summed E-state index contributed by atoms with van der Waals surface area (Å²) < 4.78 is 25.5. The molecule has 0 saturated carbocycles. The quantitative estimate of drug-likeness (QED) is 0.820. The highest BCUT2D eigenvalue weighted by atomic mass is 19.3. The molecule has 2 rings (SSSR count). The molecule has 2 N–H and O–H groups in total. The summed E-state index contributed by atoms with van der Waals surface area (Å²) in [5.41, 5.74) is 1.35. The Morgan fingerprint density at radius 1 is 1.26 bits per heavy atom. The lowest BCUT2D eigenvalue weighted by Gasteiger charge is -2.12. The molecule has 0 amide bonds. The Balaban J connectivity index is 1.92. The number of aliphatic hydroxyl groups is 1. The minimum Gasteiger partial charge on any atom is -0.390 e. The van der Waals surface area contributed by atoms with Gasteiger partial charge in [-0.1, -0.05) is 18.2 Å². The van der Waals surface area contributed by atoms with Crippen LogP contribution in [0.3, 0.4) is 0 Å². The average molecular weight is 268 g/mol. The highest BCUT2D eigenvalue weighted by molar-refractivity contribution is 5.28. The number of para-hydroxylation sites is 1. The van der Waals surface area contributed by atoms with Crippen LogP contribution in [0, 0.1) is 0 Å². The molecule has 1 aromatic carbocycles. The average Bonchev–Trinajstić information content (AvgIpc) is 2.88. The van der Waals surface area contributed by atoms with Gasteiger partial charge in [-0.25, -0.2) is 8.78 Å². The molecule has 0 aliphatic carbocycles. The van der Waals surface area contributed by atoms with Gasteiger partial charge in [-0.3, -0.25) is 0 Å². The number of rotatable bonds is 6. The van der Waals surface area contributed by atoms with E-state index in [1.54, 1.807) is 0 Å². The summed E-state index contributed by atoms with van der Waals surface area (Å²) in [4.78, 5) is 1.43. The summed E-state index contributed by atoms with van der Waals surface area (Å²) in [6.07, 6.45) is 1.51. The molecule has 0 bridgehead atoms. The van der Waals surface area contributed by atoms with Crippen LogP contribution < -0.4 is 5.32 Å². The summed E-state index contributed by atoms with van der Waals surface area (Å²) in [5.74, 6) is -3.12. The monoisotopic (exact) mass is 268 g/mol. The van der Waals surface area contributed by atoms with Crippen molar-refractivity contribution in [1.82, 2.24) is 20.3 Å². The van der Waals surface area contributed by atoms with Crippen LogP contribution in [-0.2, 0) is 6.54 Å². The Morgan fingerprint density at radius 2 is 2.00 bits per heavy atom. The predicted molar refractivity (Wildman–Crippen MR) is 65.1 cm³/mol. The van der Waals surface area contributed by atoms with Gasteiger partial charge in [-0.05, 0) is 12.1 Å². The number of aromatic nitrogens is 3. The van der Waals surface area contributed by atoms with Crippen LogP contribution in [0.5, 0.6) is 0 Å². The smallest absolute Gasteiger partial charge is 0.282 e. The zero-order chi connectivity index (χ0) is 13.7. The predicted octanol–water partition coefficient (Wildman–Crippen LogP) is 0.984. The molecule has 5 nitrogen and oxygen atoms in total. The summed E-state index contributed by atoms with van der Waals surface area (Å²) in [6, 6.07) is 9.29. The van der Waals surface area contributed by atoms with E-state index in [4.69, 9.17) is 5.11 Å². The first-order valence-corrected chi connectivity index (χ1v) is 5.77. The highest BCUT2D eigenvalue weighted by Crippen LogP contribution is 2.10. The molecule has 0 unspecified atom stereocenters. The third-order valence-electron chi connectivity index (χ3n) is 2.45. The third-order valence-corrected chi connectivity index (χ3v) is 2.45. The van der Waals surface area contributed by atoms with Crippen LogP contribution in [-0.4, -0.2) is 39.2 Å². The van der Waals surface area contributed by atoms with Gasteiger partial charge in [0.2, 0.25) is 0 Å². The van der Waals surface area contributed by atoms with Gasteiger partial charge in [-0.2, -0.15) is 15.0 Å². The maximum absolute atomic E-state index is 12.8. The third kappa shape index (κ3) is 3.80. The lowest BCUT2D eigenvalue weighted by atomic mass is 10.3. The first kappa shape index (κ1) is 13.6. The Bertz CT molecular complexity index is 515. The molecule has 19 heavy (non-hydrogen) atoms. The molecule has 102 valence electrons. The van der Waals surface area contributed by atoms with E-state index < -0.39 is 19.1 Å². The van der Waals surface area contributed by atoms with E-state index in [2.05, 4.69) is 15.5 Å². The summed E-state index contributed by atoms with van der Waals surface area (Å²) in [5, 5.41) is 19.2. The molecule has 0 aliphatic rings. The fourth-order valence-corrected chi connectivity index (χ4v) is 1.49. The SMILES string of the molecule is OCC(F)(F)CNCc1cnn(-c2ccccc2)n1. The number of hydrogen-bond acceptors (Lipinski definition) is 4. The van der Waals surface area contributed by atoms with E-state index in [0.717, 1.165) is 5.69 Å².